The minimum absolute atomic E-state index is 0.903. The van der Waals surface area contributed by atoms with Gasteiger partial charge in [0.1, 0.15) is 11.2 Å². The highest BCUT2D eigenvalue weighted by Crippen LogP contribution is 2.40. The highest BCUT2D eigenvalue weighted by Gasteiger charge is 2.16. The second-order valence-corrected chi connectivity index (χ2v) is 14.2. The average Bonchev–Trinajstić information content (AvgIpc) is 3.68. The first kappa shape index (κ1) is 33.9. The van der Waals surface area contributed by atoms with Crippen LogP contribution in [0.2, 0.25) is 0 Å². The third kappa shape index (κ3) is 6.73. The van der Waals surface area contributed by atoms with Crippen LogP contribution in [-0.2, 0) is 0 Å². The summed E-state index contributed by atoms with van der Waals surface area (Å²) in [6.45, 7) is 0. The Morgan fingerprint density at radius 2 is 0.754 bits per heavy atom. The summed E-state index contributed by atoms with van der Waals surface area (Å²) in [5.74, 6) is 0. The number of fused-ring (bicyclic) bond motifs is 3. The van der Waals surface area contributed by atoms with E-state index in [1.807, 2.05) is 12.1 Å². The second kappa shape index (κ2) is 14.9. The van der Waals surface area contributed by atoms with Crippen LogP contribution in [0.3, 0.4) is 0 Å². The van der Waals surface area contributed by atoms with Crippen molar-refractivity contribution >= 4 is 50.4 Å². The first-order valence-corrected chi connectivity index (χ1v) is 19.3. The molecule has 0 atom stereocenters. The molecule has 10 rings (SSSR count). The van der Waals surface area contributed by atoms with E-state index in [1.165, 1.54) is 27.8 Å². The minimum atomic E-state index is 0.903. The normalized spacial score (nSPS) is 11.2. The predicted octanol–water partition coefficient (Wildman–Crippen LogP) is 15.5. The van der Waals surface area contributed by atoms with Gasteiger partial charge in [-0.05, 0) is 94.0 Å². The molecule has 57 heavy (non-hydrogen) atoms. The van der Waals surface area contributed by atoms with Crippen molar-refractivity contribution in [3.05, 3.63) is 224 Å². The van der Waals surface area contributed by atoms with E-state index in [-0.39, 0.29) is 0 Å². The highest BCUT2D eigenvalue weighted by atomic mass is 16.3. The molecular formula is C54H38N2O. The molecule has 3 nitrogen and oxygen atoms in total. The summed E-state index contributed by atoms with van der Waals surface area (Å²) in [6.07, 6.45) is 0. The number of nitrogens with zero attached hydrogens (tertiary/aromatic N) is 1. The van der Waals surface area contributed by atoms with Crippen molar-refractivity contribution in [1.29, 1.82) is 0 Å². The van der Waals surface area contributed by atoms with Gasteiger partial charge in [-0.3, -0.25) is 0 Å². The first-order valence-electron chi connectivity index (χ1n) is 19.3. The van der Waals surface area contributed by atoms with Gasteiger partial charge in [0.05, 0.1) is 0 Å². The lowest BCUT2D eigenvalue weighted by molar-refractivity contribution is 0.670. The second-order valence-electron chi connectivity index (χ2n) is 14.2. The molecule has 0 saturated heterocycles. The quantitative estimate of drug-likeness (QED) is 0.160. The number of benzene rings is 9. The van der Waals surface area contributed by atoms with Gasteiger partial charge in [0.15, 0.2) is 0 Å². The highest BCUT2D eigenvalue weighted by molar-refractivity contribution is 6.09. The maximum absolute atomic E-state index is 6.40. The summed E-state index contributed by atoms with van der Waals surface area (Å²) in [4.78, 5) is 2.32. The molecule has 0 unspecified atom stereocenters. The predicted molar refractivity (Wildman–Crippen MR) is 240 cm³/mol. The molecule has 9 aromatic carbocycles. The van der Waals surface area contributed by atoms with Crippen molar-refractivity contribution in [1.82, 2.24) is 0 Å². The SMILES string of the molecule is c1ccc(-c2ccc(-c3ccc(N(c4ccc(Nc5ccccc5-c5ccccc5)cc4)c4ccc(-c5cccc6c5oc5ccccc56)cc4)cc3)cc2)cc1. The third-order valence-electron chi connectivity index (χ3n) is 10.7. The van der Waals surface area contributed by atoms with E-state index in [0.717, 1.165) is 67.1 Å². The summed E-state index contributed by atoms with van der Waals surface area (Å²) in [5, 5.41) is 5.94. The van der Waals surface area contributed by atoms with Crippen LogP contribution in [0.5, 0.6) is 0 Å². The van der Waals surface area contributed by atoms with Crippen molar-refractivity contribution in [3.63, 3.8) is 0 Å². The summed E-state index contributed by atoms with van der Waals surface area (Å²) in [5.41, 5.74) is 16.4. The van der Waals surface area contributed by atoms with E-state index in [1.54, 1.807) is 0 Å². The zero-order chi connectivity index (χ0) is 38.0. The molecule has 1 heterocycles. The summed E-state index contributed by atoms with van der Waals surface area (Å²) in [6, 6.07) is 79.3. The molecule has 0 radical (unpaired) electrons. The fourth-order valence-electron chi connectivity index (χ4n) is 7.81. The Morgan fingerprint density at radius 1 is 0.316 bits per heavy atom. The zero-order valence-corrected chi connectivity index (χ0v) is 31.2. The van der Waals surface area contributed by atoms with Gasteiger partial charge in [0, 0.05) is 50.3 Å². The van der Waals surface area contributed by atoms with Gasteiger partial charge in [0.25, 0.3) is 0 Å². The van der Waals surface area contributed by atoms with E-state index in [9.17, 15) is 0 Å². The van der Waals surface area contributed by atoms with Crippen LogP contribution in [0.4, 0.5) is 28.4 Å². The van der Waals surface area contributed by atoms with Gasteiger partial charge in [-0.25, -0.2) is 0 Å². The number of furan rings is 1. The molecule has 270 valence electrons. The number of rotatable bonds is 9. The number of nitrogens with one attached hydrogen (secondary N) is 1. The lowest BCUT2D eigenvalue weighted by atomic mass is 10.00. The van der Waals surface area contributed by atoms with E-state index in [4.69, 9.17) is 4.42 Å². The number of hydrogen-bond acceptors (Lipinski definition) is 3. The lowest BCUT2D eigenvalue weighted by Crippen LogP contribution is -2.10. The van der Waals surface area contributed by atoms with E-state index in [0.29, 0.717) is 0 Å². The maximum atomic E-state index is 6.40. The molecule has 0 aliphatic heterocycles. The monoisotopic (exact) mass is 730 g/mol. The molecule has 1 aromatic heterocycles. The smallest absolute Gasteiger partial charge is 0.143 e. The van der Waals surface area contributed by atoms with E-state index >= 15 is 0 Å². The lowest BCUT2D eigenvalue weighted by Gasteiger charge is -2.26. The van der Waals surface area contributed by atoms with Crippen molar-refractivity contribution in [3.8, 4) is 44.5 Å². The Labute approximate surface area is 332 Å². The van der Waals surface area contributed by atoms with Crippen molar-refractivity contribution in [2.24, 2.45) is 0 Å². The van der Waals surface area contributed by atoms with Gasteiger partial charge < -0.3 is 14.6 Å². The van der Waals surface area contributed by atoms with Crippen LogP contribution >= 0.6 is 0 Å². The Kier molecular flexibility index (Phi) is 8.86. The molecule has 0 spiro atoms. The van der Waals surface area contributed by atoms with Gasteiger partial charge in [-0.1, -0.05) is 164 Å². The van der Waals surface area contributed by atoms with Crippen molar-refractivity contribution in [2.45, 2.75) is 0 Å². The van der Waals surface area contributed by atoms with Gasteiger partial charge >= 0.3 is 0 Å². The van der Waals surface area contributed by atoms with Gasteiger partial charge in [-0.15, -0.1) is 0 Å². The molecule has 0 fully saturated rings. The molecule has 1 N–H and O–H groups in total. The molecule has 0 aliphatic rings. The topological polar surface area (TPSA) is 28.4 Å². The van der Waals surface area contributed by atoms with E-state index in [2.05, 4.69) is 223 Å². The third-order valence-corrected chi connectivity index (χ3v) is 10.7. The Hall–Kier alpha value is -7.62. The van der Waals surface area contributed by atoms with Crippen LogP contribution in [0.1, 0.15) is 0 Å². The summed E-state index contributed by atoms with van der Waals surface area (Å²) >= 11 is 0. The van der Waals surface area contributed by atoms with Crippen LogP contribution in [0, 0.1) is 0 Å². The fourth-order valence-corrected chi connectivity index (χ4v) is 7.81. The van der Waals surface area contributed by atoms with Crippen LogP contribution in [-0.4, -0.2) is 0 Å². The Balaban J connectivity index is 0.990. The number of anilines is 5. The minimum Gasteiger partial charge on any atom is -0.455 e. The van der Waals surface area contributed by atoms with Crippen molar-refractivity contribution < 1.29 is 4.42 Å². The molecular weight excluding hydrogens is 693 g/mol. The molecule has 0 amide bonds. The Morgan fingerprint density at radius 3 is 1.40 bits per heavy atom. The Bertz CT molecular complexity index is 2930. The van der Waals surface area contributed by atoms with Gasteiger partial charge in [0.2, 0.25) is 0 Å². The summed E-state index contributed by atoms with van der Waals surface area (Å²) in [7, 11) is 0. The van der Waals surface area contributed by atoms with Crippen LogP contribution < -0.4 is 10.2 Å². The first-order chi connectivity index (χ1) is 28.2. The van der Waals surface area contributed by atoms with Crippen LogP contribution in [0.15, 0.2) is 229 Å². The fraction of sp³-hybridized carbons (Fsp3) is 0. The van der Waals surface area contributed by atoms with Crippen LogP contribution in [0.25, 0.3) is 66.4 Å². The van der Waals surface area contributed by atoms with E-state index < -0.39 is 0 Å². The molecule has 0 saturated carbocycles. The number of hydrogen-bond donors (Lipinski definition) is 1. The largest absolute Gasteiger partial charge is 0.455 e. The summed E-state index contributed by atoms with van der Waals surface area (Å²) < 4.78 is 6.40. The maximum Gasteiger partial charge on any atom is 0.143 e. The molecule has 0 bridgehead atoms. The van der Waals surface area contributed by atoms with Gasteiger partial charge in [-0.2, -0.15) is 0 Å². The molecule has 10 aromatic rings. The van der Waals surface area contributed by atoms with Crippen molar-refractivity contribution in [2.75, 3.05) is 10.2 Å². The number of para-hydroxylation sites is 3. The average molecular weight is 731 g/mol. The zero-order valence-electron chi connectivity index (χ0n) is 31.2. The molecule has 0 aliphatic carbocycles. The standard InChI is InChI=1S/C54H38N2O/c1-3-12-38(13-4-1)39-22-24-40(25-23-39)41-26-32-45(33-27-41)56(47-36-30-44(31-37-47)55-52-20-9-7-16-48(52)42-14-5-2-6-15-42)46-34-28-43(29-35-46)49-18-11-19-51-50-17-8-10-21-53(50)57-54(49)51/h1-37,55H. The molecule has 3 heteroatoms.